The topological polar surface area (TPSA) is 12.0 Å². The van der Waals surface area contributed by atoms with Gasteiger partial charge in [0.05, 0.1) is 0 Å². The number of rotatable bonds is 5. The molecule has 2 aliphatic carbocycles. The van der Waals surface area contributed by atoms with Gasteiger partial charge in [-0.2, -0.15) is 0 Å². The Kier molecular flexibility index (Phi) is 4.80. The summed E-state index contributed by atoms with van der Waals surface area (Å²) >= 11 is 2.39. The van der Waals surface area contributed by atoms with Gasteiger partial charge in [0.2, 0.25) is 0 Å². The van der Waals surface area contributed by atoms with Gasteiger partial charge in [0.1, 0.15) is 0 Å². The molecule has 0 saturated heterocycles. The lowest BCUT2D eigenvalue weighted by molar-refractivity contribution is 0.228. The maximum absolute atomic E-state index is 3.75. The molecule has 0 radical (unpaired) electrons. The molecule has 0 spiro atoms. The Morgan fingerprint density at radius 1 is 0.947 bits per heavy atom. The fourth-order valence-electron chi connectivity index (χ4n) is 3.35. The molecule has 0 heterocycles. The maximum Gasteiger partial charge on any atom is 0.0130 e. The molecule has 1 aromatic carbocycles. The molecule has 2 saturated carbocycles. The van der Waals surface area contributed by atoms with E-state index in [9.17, 15) is 0 Å². The van der Waals surface area contributed by atoms with Gasteiger partial charge in [-0.25, -0.2) is 0 Å². The summed E-state index contributed by atoms with van der Waals surface area (Å²) in [5.74, 6) is 1.81. The van der Waals surface area contributed by atoms with Gasteiger partial charge >= 0.3 is 0 Å². The lowest BCUT2D eigenvalue weighted by atomic mass is 9.76. The van der Waals surface area contributed by atoms with Gasteiger partial charge in [-0.05, 0) is 90.8 Å². The smallest absolute Gasteiger partial charge is 0.0130 e. The summed E-state index contributed by atoms with van der Waals surface area (Å²) < 4.78 is 1.34. The second-order valence-electron chi connectivity index (χ2n) is 6.32. The minimum atomic E-state index is 0.862. The Hall–Kier alpha value is -0.0900. The van der Waals surface area contributed by atoms with Crippen LogP contribution in [0.2, 0.25) is 0 Å². The number of benzene rings is 1. The highest BCUT2D eigenvalue weighted by Crippen LogP contribution is 2.33. The van der Waals surface area contributed by atoms with Crippen LogP contribution in [0.25, 0.3) is 0 Å². The van der Waals surface area contributed by atoms with Crippen LogP contribution in [0.15, 0.2) is 24.3 Å². The minimum absolute atomic E-state index is 0.862. The van der Waals surface area contributed by atoms with Crippen LogP contribution in [0.1, 0.15) is 44.1 Å². The minimum Gasteiger partial charge on any atom is -0.314 e. The monoisotopic (exact) mass is 369 g/mol. The van der Waals surface area contributed by atoms with Crippen molar-refractivity contribution >= 4 is 22.6 Å². The van der Waals surface area contributed by atoms with E-state index in [4.69, 9.17) is 0 Å². The van der Waals surface area contributed by atoms with Gasteiger partial charge in [-0.15, -0.1) is 0 Å². The van der Waals surface area contributed by atoms with Crippen molar-refractivity contribution in [2.24, 2.45) is 11.8 Å². The standard InChI is InChI=1S/C17H24IN/c18-16-7-5-13(6-8-16)11-14-3-1-2-4-15(14)12-19-17-9-10-17/h5-8,14-15,17,19H,1-4,9-12H2. The molecule has 1 nitrogen and oxygen atoms in total. The van der Waals surface area contributed by atoms with E-state index in [1.165, 1.54) is 60.6 Å². The average Bonchev–Trinajstić information content (AvgIpc) is 3.25. The van der Waals surface area contributed by atoms with Gasteiger partial charge < -0.3 is 5.32 Å². The van der Waals surface area contributed by atoms with E-state index in [2.05, 4.69) is 52.2 Å². The predicted molar refractivity (Wildman–Crippen MR) is 89.3 cm³/mol. The Balaban J connectivity index is 1.57. The zero-order chi connectivity index (χ0) is 13.1. The van der Waals surface area contributed by atoms with Crippen molar-refractivity contribution in [1.82, 2.24) is 5.32 Å². The molecule has 3 rings (SSSR count). The van der Waals surface area contributed by atoms with Gasteiger partial charge in [-0.3, -0.25) is 0 Å². The lowest BCUT2D eigenvalue weighted by Crippen LogP contribution is -2.32. The van der Waals surface area contributed by atoms with Gasteiger partial charge in [0, 0.05) is 9.61 Å². The first kappa shape index (κ1) is 13.9. The highest BCUT2D eigenvalue weighted by atomic mass is 127. The number of nitrogens with one attached hydrogen (secondary N) is 1. The van der Waals surface area contributed by atoms with Crippen molar-refractivity contribution in [3.05, 3.63) is 33.4 Å². The summed E-state index contributed by atoms with van der Waals surface area (Å²) in [6.07, 6.45) is 9.86. The molecule has 0 aliphatic heterocycles. The summed E-state index contributed by atoms with van der Waals surface area (Å²) in [5, 5.41) is 3.75. The van der Waals surface area contributed by atoms with Crippen molar-refractivity contribution in [1.29, 1.82) is 0 Å². The van der Waals surface area contributed by atoms with Gasteiger partial charge in [0.25, 0.3) is 0 Å². The van der Waals surface area contributed by atoms with Gasteiger partial charge in [-0.1, -0.05) is 25.0 Å². The molecule has 2 fully saturated rings. The van der Waals surface area contributed by atoms with E-state index in [-0.39, 0.29) is 0 Å². The zero-order valence-electron chi connectivity index (χ0n) is 11.6. The highest BCUT2D eigenvalue weighted by molar-refractivity contribution is 14.1. The maximum atomic E-state index is 3.75. The molecule has 2 unspecified atom stereocenters. The fourth-order valence-corrected chi connectivity index (χ4v) is 3.71. The van der Waals surface area contributed by atoms with E-state index >= 15 is 0 Å². The Bertz CT molecular complexity index is 396. The summed E-state index contributed by atoms with van der Waals surface area (Å²) in [6, 6.07) is 10.00. The van der Waals surface area contributed by atoms with Crippen LogP contribution in [0, 0.1) is 15.4 Å². The second-order valence-corrected chi connectivity index (χ2v) is 7.56. The van der Waals surface area contributed by atoms with Crippen LogP contribution >= 0.6 is 22.6 Å². The molecule has 19 heavy (non-hydrogen) atoms. The van der Waals surface area contributed by atoms with E-state index < -0.39 is 0 Å². The average molecular weight is 369 g/mol. The van der Waals surface area contributed by atoms with Crippen LogP contribution < -0.4 is 5.32 Å². The van der Waals surface area contributed by atoms with E-state index in [0.717, 1.165) is 17.9 Å². The normalized spacial score (nSPS) is 27.4. The third-order valence-corrected chi connectivity index (χ3v) is 5.44. The Morgan fingerprint density at radius 3 is 2.32 bits per heavy atom. The Labute approximate surface area is 130 Å². The van der Waals surface area contributed by atoms with Crippen LogP contribution in [-0.4, -0.2) is 12.6 Å². The molecule has 2 atom stereocenters. The summed E-state index contributed by atoms with van der Waals surface area (Å²) in [5.41, 5.74) is 1.53. The van der Waals surface area contributed by atoms with Crippen molar-refractivity contribution in [3.8, 4) is 0 Å². The molecule has 2 heteroatoms. The molecular weight excluding hydrogens is 345 g/mol. The lowest BCUT2D eigenvalue weighted by Gasteiger charge is -2.32. The number of hydrogen-bond donors (Lipinski definition) is 1. The van der Waals surface area contributed by atoms with Crippen LogP contribution in [-0.2, 0) is 6.42 Å². The first-order valence-electron chi connectivity index (χ1n) is 7.79. The first-order valence-corrected chi connectivity index (χ1v) is 8.87. The summed E-state index contributed by atoms with van der Waals surface area (Å²) in [7, 11) is 0. The molecule has 0 aromatic heterocycles. The van der Waals surface area contributed by atoms with Crippen molar-refractivity contribution in [2.45, 2.75) is 51.0 Å². The Morgan fingerprint density at radius 2 is 1.63 bits per heavy atom. The van der Waals surface area contributed by atoms with E-state index in [0.29, 0.717) is 0 Å². The van der Waals surface area contributed by atoms with E-state index in [1.54, 1.807) is 0 Å². The van der Waals surface area contributed by atoms with Gasteiger partial charge in [0.15, 0.2) is 0 Å². The molecule has 1 aromatic rings. The van der Waals surface area contributed by atoms with Crippen LogP contribution in [0.3, 0.4) is 0 Å². The molecule has 0 amide bonds. The SMILES string of the molecule is Ic1ccc(CC2CCCCC2CNC2CC2)cc1. The largest absolute Gasteiger partial charge is 0.314 e. The third kappa shape index (κ3) is 4.19. The van der Waals surface area contributed by atoms with Crippen molar-refractivity contribution < 1.29 is 0 Å². The highest BCUT2D eigenvalue weighted by Gasteiger charge is 2.28. The first-order chi connectivity index (χ1) is 9.31. The van der Waals surface area contributed by atoms with Crippen molar-refractivity contribution in [3.63, 3.8) is 0 Å². The number of halogens is 1. The molecule has 104 valence electrons. The summed E-state index contributed by atoms with van der Waals surface area (Å²) in [6.45, 7) is 1.26. The second kappa shape index (κ2) is 6.57. The third-order valence-electron chi connectivity index (χ3n) is 4.72. The predicted octanol–water partition coefficient (Wildman–Crippen LogP) is 4.39. The van der Waals surface area contributed by atoms with Crippen LogP contribution in [0.4, 0.5) is 0 Å². The molecule has 2 aliphatic rings. The van der Waals surface area contributed by atoms with E-state index in [1.807, 2.05) is 0 Å². The zero-order valence-corrected chi connectivity index (χ0v) is 13.7. The van der Waals surface area contributed by atoms with Crippen LogP contribution in [0.5, 0.6) is 0 Å². The molecular formula is C17H24IN. The number of hydrogen-bond acceptors (Lipinski definition) is 1. The quantitative estimate of drug-likeness (QED) is 0.759. The summed E-state index contributed by atoms with van der Waals surface area (Å²) in [4.78, 5) is 0. The van der Waals surface area contributed by atoms with Crippen molar-refractivity contribution in [2.75, 3.05) is 6.54 Å². The molecule has 0 bridgehead atoms. The molecule has 1 N–H and O–H groups in total. The fraction of sp³-hybridized carbons (Fsp3) is 0.647.